The minimum Gasteiger partial charge on any atom is -0.467 e. The lowest BCUT2D eigenvalue weighted by Crippen LogP contribution is -2.42. The van der Waals surface area contributed by atoms with Gasteiger partial charge < -0.3 is 20.5 Å². The smallest absolute Gasteiger partial charge is 0.322 e. The molecule has 0 spiro atoms. The third-order valence-corrected chi connectivity index (χ3v) is 2.83. The molecule has 106 valence electrons. The van der Waals surface area contributed by atoms with E-state index in [0.717, 1.165) is 32.8 Å². The Morgan fingerprint density at radius 2 is 2.11 bits per heavy atom. The Morgan fingerprint density at radius 1 is 1.37 bits per heavy atom. The average Bonchev–Trinajstić information content (AvgIpc) is 2.38. The molecule has 1 saturated heterocycles. The molecule has 1 unspecified atom stereocenters. The third kappa shape index (κ3) is 4.18. The van der Waals surface area contributed by atoms with Gasteiger partial charge in [-0.3, -0.25) is 4.90 Å². The lowest BCUT2D eigenvalue weighted by Gasteiger charge is -2.29. The number of nitrogens with zero attached hydrogens (tertiary/aromatic N) is 4. The van der Waals surface area contributed by atoms with Gasteiger partial charge in [-0.2, -0.15) is 15.0 Å². The average molecular weight is 268 g/mol. The maximum atomic E-state index is 5.59. The van der Waals surface area contributed by atoms with Gasteiger partial charge in [0.1, 0.15) is 0 Å². The summed E-state index contributed by atoms with van der Waals surface area (Å²) in [6.07, 6.45) is 0. The molecule has 0 saturated carbocycles. The number of hydrogen-bond donors (Lipinski definition) is 2. The van der Waals surface area contributed by atoms with Crippen molar-refractivity contribution in [2.45, 2.75) is 13.0 Å². The molecule has 1 aromatic heterocycles. The number of aromatic nitrogens is 3. The van der Waals surface area contributed by atoms with E-state index in [2.05, 4.69) is 32.1 Å². The van der Waals surface area contributed by atoms with E-state index in [-0.39, 0.29) is 18.0 Å². The van der Waals surface area contributed by atoms with Crippen molar-refractivity contribution in [3.63, 3.8) is 0 Å². The van der Waals surface area contributed by atoms with Crippen molar-refractivity contribution in [1.82, 2.24) is 19.9 Å². The quantitative estimate of drug-likeness (QED) is 0.744. The summed E-state index contributed by atoms with van der Waals surface area (Å²) in [5, 5.41) is 3.20. The van der Waals surface area contributed by atoms with Crippen molar-refractivity contribution in [2.75, 3.05) is 51.0 Å². The highest BCUT2D eigenvalue weighted by Crippen LogP contribution is 2.10. The molecule has 3 N–H and O–H groups in total. The summed E-state index contributed by atoms with van der Waals surface area (Å²) in [5.74, 6) is 0.582. The zero-order valence-corrected chi connectivity index (χ0v) is 11.3. The van der Waals surface area contributed by atoms with Gasteiger partial charge in [-0.05, 0) is 6.92 Å². The zero-order chi connectivity index (χ0) is 13.7. The number of ether oxygens (including phenoxy) is 2. The second-order valence-electron chi connectivity index (χ2n) is 4.46. The molecule has 0 bridgehead atoms. The number of nitrogens with one attached hydrogen (secondary N) is 1. The second-order valence-corrected chi connectivity index (χ2v) is 4.46. The largest absolute Gasteiger partial charge is 0.467 e. The highest BCUT2D eigenvalue weighted by molar-refractivity contribution is 5.33. The number of methoxy groups -OCH3 is 1. The Kier molecular flexibility index (Phi) is 4.69. The summed E-state index contributed by atoms with van der Waals surface area (Å²) in [6.45, 7) is 6.46. The maximum Gasteiger partial charge on any atom is 0.322 e. The van der Waals surface area contributed by atoms with E-state index in [1.54, 1.807) is 0 Å². The van der Waals surface area contributed by atoms with E-state index in [4.69, 9.17) is 15.2 Å². The fraction of sp³-hybridized carbons (Fsp3) is 0.727. The Bertz CT molecular complexity index is 410. The van der Waals surface area contributed by atoms with Crippen molar-refractivity contribution in [3.8, 4) is 6.01 Å². The number of nitrogen functional groups attached to an aromatic ring is 1. The number of morpholine rings is 1. The van der Waals surface area contributed by atoms with E-state index in [9.17, 15) is 0 Å². The van der Waals surface area contributed by atoms with Crippen molar-refractivity contribution >= 4 is 11.9 Å². The van der Waals surface area contributed by atoms with Gasteiger partial charge in [0.2, 0.25) is 11.9 Å². The number of anilines is 2. The van der Waals surface area contributed by atoms with Gasteiger partial charge in [0.25, 0.3) is 0 Å². The van der Waals surface area contributed by atoms with E-state index >= 15 is 0 Å². The summed E-state index contributed by atoms with van der Waals surface area (Å²) >= 11 is 0. The first-order valence-electron chi connectivity index (χ1n) is 6.29. The van der Waals surface area contributed by atoms with Gasteiger partial charge >= 0.3 is 6.01 Å². The fourth-order valence-electron chi connectivity index (χ4n) is 1.96. The molecule has 1 atom stereocenters. The topological polar surface area (TPSA) is 98.4 Å². The van der Waals surface area contributed by atoms with E-state index < -0.39 is 0 Å². The molecule has 0 aliphatic carbocycles. The van der Waals surface area contributed by atoms with Crippen LogP contribution in [-0.4, -0.2) is 65.9 Å². The minimum absolute atomic E-state index is 0.146. The van der Waals surface area contributed by atoms with Crippen LogP contribution >= 0.6 is 0 Å². The molecule has 19 heavy (non-hydrogen) atoms. The van der Waals surface area contributed by atoms with Crippen molar-refractivity contribution in [2.24, 2.45) is 0 Å². The standard InChI is InChI=1S/C11H20N6O2/c1-8(7-17-3-5-19-6-4-17)13-10-14-9(12)15-11(16-10)18-2/h8H,3-7H2,1-2H3,(H3,12,13,14,15,16). The molecule has 8 nitrogen and oxygen atoms in total. The molecule has 0 aromatic carbocycles. The van der Waals surface area contributed by atoms with Crippen LogP contribution in [0.1, 0.15) is 6.92 Å². The van der Waals surface area contributed by atoms with Crippen molar-refractivity contribution < 1.29 is 9.47 Å². The summed E-state index contributed by atoms with van der Waals surface area (Å²) in [6, 6.07) is 0.415. The molecule has 0 amide bonds. The Balaban J connectivity index is 1.90. The normalized spacial score (nSPS) is 18.0. The summed E-state index contributed by atoms with van der Waals surface area (Å²) < 4.78 is 10.3. The van der Waals surface area contributed by atoms with Gasteiger partial charge in [-0.1, -0.05) is 0 Å². The summed E-state index contributed by atoms with van der Waals surface area (Å²) in [4.78, 5) is 14.3. The van der Waals surface area contributed by atoms with Gasteiger partial charge in [-0.15, -0.1) is 0 Å². The first-order valence-corrected chi connectivity index (χ1v) is 6.29. The van der Waals surface area contributed by atoms with Crippen LogP contribution in [-0.2, 0) is 4.74 Å². The van der Waals surface area contributed by atoms with Crippen molar-refractivity contribution in [1.29, 1.82) is 0 Å². The first kappa shape index (κ1) is 13.8. The molecule has 0 radical (unpaired) electrons. The molecule has 8 heteroatoms. The monoisotopic (exact) mass is 268 g/mol. The Morgan fingerprint density at radius 3 is 2.79 bits per heavy atom. The molecular weight excluding hydrogens is 248 g/mol. The van der Waals surface area contributed by atoms with Crippen LogP contribution in [0.4, 0.5) is 11.9 Å². The molecule has 1 aliphatic heterocycles. The number of hydrogen-bond acceptors (Lipinski definition) is 8. The van der Waals surface area contributed by atoms with Crippen LogP contribution in [0, 0.1) is 0 Å². The minimum atomic E-state index is 0.146. The highest BCUT2D eigenvalue weighted by Gasteiger charge is 2.15. The highest BCUT2D eigenvalue weighted by atomic mass is 16.5. The van der Waals surface area contributed by atoms with Gasteiger partial charge in [0.15, 0.2) is 0 Å². The third-order valence-electron chi connectivity index (χ3n) is 2.83. The fourth-order valence-corrected chi connectivity index (χ4v) is 1.96. The van der Waals surface area contributed by atoms with E-state index in [0.29, 0.717) is 5.95 Å². The first-order chi connectivity index (χ1) is 9.17. The van der Waals surface area contributed by atoms with Gasteiger partial charge in [0.05, 0.1) is 20.3 Å². The van der Waals surface area contributed by atoms with E-state index in [1.807, 2.05) is 0 Å². The number of rotatable bonds is 5. The van der Waals surface area contributed by atoms with Gasteiger partial charge in [0, 0.05) is 25.7 Å². The number of nitrogens with two attached hydrogens (primary N) is 1. The van der Waals surface area contributed by atoms with Crippen LogP contribution in [0.25, 0.3) is 0 Å². The van der Waals surface area contributed by atoms with Crippen molar-refractivity contribution in [3.05, 3.63) is 0 Å². The van der Waals surface area contributed by atoms with E-state index in [1.165, 1.54) is 7.11 Å². The predicted molar refractivity (Wildman–Crippen MR) is 71.1 cm³/mol. The van der Waals surface area contributed by atoms with Crippen LogP contribution in [0.2, 0.25) is 0 Å². The Labute approximate surface area is 112 Å². The molecule has 2 heterocycles. The van der Waals surface area contributed by atoms with Crippen LogP contribution in [0.15, 0.2) is 0 Å². The molecule has 2 rings (SSSR count). The lowest BCUT2D eigenvalue weighted by atomic mass is 10.3. The van der Waals surface area contributed by atoms with Gasteiger partial charge in [-0.25, -0.2) is 0 Å². The summed E-state index contributed by atoms with van der Waals surface area (Å²) in [7, 11) is 1.50. The van der Waals surface area contributed by atoms with Crippen LogP contribution in [0.5, 0.6) is 6.01 Å². The zero-order valence-electron chi connectivity index (χ0n) is 11.3. The maximum absolute atomic E-state index is 5.59. The lowest BCUT2D eigenvalue weighted by molar-refractivity contribution is 0.0368. The summed E-state index contributed by atoms with van der Waals surface area (Å²) in [5.41, 5.74) is 5.59. The molecule has 1 aromatic rings. The second kappa shape index (κ2) is 6.48. The molecule has 1 aliphatic rings. The molecule has 1 fully saturated rings. The SMILES string of the molecule is COc1nc(N)nc(NC(C)CN2CCOCC2)n1. The molecular formula is C11H20N6O2. The Hall–Kier alpha value is -1.67. The predicted octanol–water partition coefficient (Wildman–Crippen LogP) is -0.405. The van der Waals surface area contributed by atoms with Crippen LogP contribution < -0.4 is 15.8 Å². The van der Waals surface area contributed by atoms with Crippen LogP contribution in [0.3, 0.4) is 0 Å².